The van der Waals surface area contributed by atoms with Gasteiger partial charge in [0.25, 0.3) is 0 Å². The largest absolute Gasteiger partial charge is 0.380 e. The number of nitrogens with zero attached hydrogens (tertiary/aromatic N) is 2. The number of hydrogen-bond acceptors (Lipinski definition) is 6. The van der Waals surface area contributed by atoms with E-state index in [1.54, 1.807) is 13.8 Å². The Labute approximate surface area is 126 Å². The second-order valence-electron chi connectivity index (χ2n) is 4.45. The van der Waals surface area contributed by atoms with Gasteiger partial charge in [-0.05, 0) is 27.7 Å². The molecule has 8 heteroatoms. The number of rotatable bonds is 10. The van der Waals surface area contributed by atoms with Gasteiger partial charge in [-0.15, -0.1) is 0 Å². The van der Waals surface area contributed by atoms with Gasteiger partial charge in [0.05, 0.1) is 13.2 Å². The van der Waals surface area contributed by atoms with Crippen molar-refractivity contribution < 1.29 is 22.4 Å². The van der Waals surface area contributed by atoms with E-state index in [0.717, 1.165) is 0 Å². The van der Waals surface area contributed by atoms with Crippen molar-refractivity contribution in [2.24, 2.45) is 0 Å². The van der Waals surface area contributed by atoms with Gasteiger partial charge in [-0.1, -0.05) is 5.16 Å². The Morgan fingerprint density at radius 3 is 2.00 bits per heavy atom. The molecule has 1 heterocycles. The number of aromatic nitrogens is 1. The van der Waals surface area contributed by atoms with Crippen molar-refractivity contribution in [3.63, 3.8) is 0 Å². The van der Waals surface area contributed by atoms with E-state index in [1.165, 1.54) is 4.31 Å². The first kappa shape index (κ1) is 18.1. The topological polar surface area (TPSA) is 81.9 Å². The summed E-state index contributed by atoms with van der Waals surface area (Å²) in [5.41, 5.74) is 0.366. The van der Waals surface area contributed by atoms with E-state index in [4.69, 9.17) is 14.0 Å². The van der Waals surface area contributed by atoms with Crippen molar-refractivity contribution in [1.82, 2.24) is 9.46 Å². The van der Waals surface area contributed by atoms with Gasteiger partial charge in [0.1, 0.15) is 10.6 Å². The summed E-state index contributed by atoms with van der Waals surface area (Å²) in [6.07, 6.45) is 0. The van der Waals surface area contributed by atoms with Crippen LogP contribution < -0.4 is 0 Å². The smallest absolute Gasteiger partial charge is 0.248 e. The van der Waals surface area contributed by atoms with Crippen molar-refractivity contribution in [2.75, 3.05) is 39.5 Å². The maximum Gasteiger partial charge on any atom is 0.248 e. The fourth-order valence-electron chi connectivity index (χ4n) is 1.95. The molecule has 0 saturated carbocycles. The van der Waals surface area contributed by atoms with Crippen LogP contribution in [-0.4, -0.2) is 57.4 Å². The molecule has 0 unspecified atom stereocenters. The van der Waals surface area contributed by atoms with Crippen molar-refractivity contribution in [3.8, 4) is 0 Å². The summed E-state index contributed by atoms with van der Waals surface area (Å²) in [5, 5.41) is 3.71. The minimum absolute atomic E-state index is 0.135. The minimum Gasteiger partial charge on any atom is -0.380 e. The molecule has 0 atom stereocenters. The van der Waals surface area contributed by atoms with E-state index in [2.05, 4.69) is 5.16 Å². The summed E-state index contributed by atoms with van der Waals surface area (Å²) in [4.78, 5) is 0.135. The van der Waals surface area contributed by atoms with E-state index < -0.39 is 10.0 Å². The molecule has 0 amide bonds. The lowest BCUT2D eigenvalue weighted by molar-refractivity contribution is 0.110. The molecule has 7 nitrogen and oxygen atoms in total. The SMILES string of the molecule is CCOCCN(CCOCC)S(=O)(=O)c1c(C)noc1C. The van der Waals surface area contributed by atoms with E-state index >= 15 is 0 Å². The number of aryl methyl sites for hydroxylation is 2. The minimum atomic E-state index is -3.66. The van der Waals surface area contributed by atoms with Crippen LogP contribution in [0, 0.1) is 13.8 Å². The Morgan fingerprint density at radius 1 is 1.10 bits per heavy atom. The van der Waals surface area contributed by atoms with Crippen molar-refractivity contribution in [1.29, 1.82) is 0 Å². The average molecular weight is 320 g/mol. The summed E-state index contributed by atoms with van der Waals surface area (Å²) < 4.78 is 42.3. The standard InChI is InChI=1S/C13H24N2O5S/c1-5-18-9-7-15(8-10-19-6-2)21(16,17)13-11(3)14-20-12(13)4/h5-10H2,1-4H3. The molecular formula is C13H24N2O5S. The van der Waals surface area contributed by atoms with Gasteiger partial charge in [0.15, 0.2) is 5.76 Å². The normalized spacial score (nSPS) is 12.2. The van der Waals surface area contributed by atoms with Gasteiger partial charge in [0.2, 0.25) is 10.0 Å². The van der Waals surface area contributed by atoms with Crippen LogP contribution in [0.15, 0.2) is 9.42 Å². The van der Waals surface area contributed by atoms with Crippen LogP contribution in [0.25, 0.3) is 0 Å². The summed E-state index contributed by atoms with van der Waals surface area (Å²) >= 11 is 0. The summed E-state index contributed by atoms with van der Waals surface area (Å²) in [7, 11) is -3.66. The third-order valence-corrected chi connectivity index (χ3v) is 5.09. The van der Waals surface area contributed by atoms with E-state index in [0.29, 0.717) is 37.9 Å². The van der Waals surface area contributed by atoms with Gasteiger partial charge in [-0.25, -0.2) is 8.42 Å². The van der Waals surface area contributed by atoms with Crippen LogP contribution in [0.1, 0.15) is 25.3 Å². The average Bonchev–Trinajstić information content (AvgIpc) is 2.77. The van der Waals surface area contributed by atoms with Crippen molar-refractivity contribution in [2.45, 2.75) is 32.6 Å². The third-order valence-electron chi connectivity index (χ3n) is 2.94. The zero-order chi connectivity index (χ0) is 15.9. The highest BCUT2D eigenvalue weighted by Crippen LogP contribution is 2.23. The highest BCUT2D eigenvalue weighted by Gasteiger charge is 2.30. The molecule has 1 rings (SSSR count). The number of hydrogen-bond donors (Lipinski definition) is 0. The molecule has 1 aromatic rings. The molecule has 0 N–H and O–H groups in total. The van der Waals surface area contributed by atoms with Gasteiger partial charge in [0, 0.05) is 26.3 Å². The predicted octanol–water partition coefficient (Wildman–Crippen LogP) is 1.36. The summed E-state index contributed by atoms with van der Waals surface area (Å²) in [5.74, 6) is 0.297. The van der Waals surface area contributed by atoms with Crippen LogP contribution in [0.4, 0.5) is 0 Å². The first-order valence-electron chi connectivity index (χ1n) is 7.03. The fourth-order valence-corrected chi connectivity index (χ4v) is 3.64. The molecule has 21 heavy (non-hydrogen) atoms. The first-order valence-corrected chi connectivity index (χ1v) is 8.47. The quantitative estimate of drug-likeness (QED) is 0.605. The third kappa shape index (κ3) is 4.77. The van der Waals surface area contributed by atoms with Gasteiger partial charge < -0.3 is 14.0 Å². The van der Waals surface area contributed by atoms with Crippen molar-refractivity contribution in [3.05, 3.63) is 11.5 Å². The predicted molar refractivity (Wildman–Crippen MR) is 77.7 cm³/mol. The Bertz CT molecular complexity index is 497. The molecule has 0 radical (unpaired) electrons. The molecule has 0 spiro atoms. The first-order chi connectivity index (χ1) is 9.95. The van der Waals surface area contributed by atoms with Gasteiger partial charge >= 0.3 is 0 Å². The summed E-state index contributed by atoms with van der Waals surface area (Å²) in [6.45, 7) is 9.26. The zero-order valence-electron chi connectivity index (χ0n) is 13.1. The van der Waals surface area contributed by atoms with Crippen LogP contribution in [-0.2, 0) is 19.5 Å². The Balaban J connectivity index is 2.93. The molecule has 0 aliphatic heterocycles. The highest BCUT2D eigenvalue weighted by atomic mass is 32.2. The number of sulfonamides is 1. The Morgan fingerprint density at radius 2 is 1.62 bits per heavy atom. The van der Waals surface area contributed by atoms with Gasteiger partial charge in [-0.2, -0.15) is 4.31 Å². The lowest BCUT2D eigenvalue weighted by atomic mass is 10.4. The lowest BCUT2D eigenvalue weighted by Gasteiger charge is -2.21. The van der Waals surface area contributed by atoms with Crippen molar-refractivity contribution >= 4 is 10.0 Å². The fraction of sp³-hybridized carbons (Fsp3) is 0.769. The van der Waals surface area contributed by atoms with E-state index in [1.807, 2.05) is 13.8 Å². The lowest BCUT2D eigenvalue weighted by Crippen LogP contribution is -2.37. The Kier molecular flexibility index (Phi) is 7.30. The van der Waals surface area contributed by atoms with E-state index in [-0.39, 0.29) is 18.0 Å². The summed E-state index contributed by atoms with van der Waals surface area (Å²) in [6, 6.07) is 0. The molecule has 0 saturated heterocycles. The Hall–Kier alpha value is -0.960. The number of ether oxygens (including phenoxy) is 2. The van der Waals surface area contributed by atoms with Crippen LogP contribution in [0.5, 0.6) is 0 Å². The maximum absolute atomic E-state index is 12.7. The van der Waals surface area contributed by atoms with E-state index in [9.17, 15) is 8.42 Å². The highest BCUT2D eigenvalue weighted by molar-refractivity contribution is 7.89. The zero-order valence-corrected chi connectivity index (χ0v) is 13.9. The molecular weight excluding hydrogens is 296 g/mol. The molecule has 0 aromatic carbocycles. The van der Waals surface area contributed by atoms with Crippen LogP contribution in [0.2, 0.25) is 0 Å². The molecule has 0 fully saturated rings. The second kappa shape index (κ2) is 8.47. The monoisotopic (exact) mass is 320 g/mol. The molecule has 0 aliphatic carbocycles. The molecule has 0 aliphatic rings. The maximum atomic E-state index is 12.7. The molecule has 0 bridgehead atoms. The van der Waals surface area contributed by atoms with Crippen LogP contribution in [0.3, 0.4) is 0 Å². The molecule has 122 valence electrons. The van der Waals surface area contributed by atoms with Crippen LogP contribution >= 0.6 is 0 Å². The second-order valence-corrected chi connectivity index (χ2v) is 6.33. The molecule has 1 aromatic heterocycles. The van der Waals surface area contributed by atoms with Gasteiger partial charge in [-0.3, -0.25) is 0 Å².